The fourth-order valence-electron chi connectivity index (χ4n) is 1.73. The first-order chi connectivity index (χ1) is 9.67. The van der Waals surface area contributed by atoms with Gasteiger partial charge in [-0.3, -0.25) is 4.79 Å². The van der Waals surface area contributed by atoms with Crippen LogP contribution in [0.5, 0.6) is 0 Å². The lowest BCUT2D eigenvalue weighted by Crippen LogP contribution is -2.32. The van der Waals surface area contributed by atoms with Gasteiger partial charge in [-0.25, -0.2) is 9.48 Å². The highest BCUT2D eigenvalue weighted by atomic mass is 16.6. The summed E-state index contributed by atoms with van der Waals surface area (Å²) in [6.07, 6.45) is 0.859. The van der Waals surface area contributed by atoms with Crippen LogP contribution in [0.2, 0.25) is 0 Å². The van der Waals surface area contributed by atoms with Crippen LogP contribution in [0.25, 0.3) is 0 Å². The molecule has 0 radical (unpaired) electrons. The molecule has 1 unspecified atom stereocenters. The van der Waals surface area contributed by atoms with Gasteiger partial charge in [0.2, 0.25) is 5.91 Å². The Balaban J connectivity index is 2.89. The van der Waals surface area contributed by atoms with Gasteiger partial charge in [0.05, 0.1) is 5.69 Å². The Bertz CT molecular complexity index is 517. The lowest BCUT2D eigenvalue weighted by Gasteiger charge is -2.18. The number of nitrogens with one attached hydrogen (secondary N) is 1. The molecule has 0 aliphatic carbocycles. The number of amides is 1. The van der Waals surface area contributed by atoms with Crippen LogP contribution >= 0.6 is 0 Å². The van der Waals surface area contributed by atoms with E-state index in [1.165, 1.54) is 4.68 Å². The van der Waals surface area contributed by atoms with E-state index < -0.39 is 17.6 Å². The van der Waals surface area contributed by atoms with Gasteiger partial charge < -0.3 is 10.1 Å². The molecule has 1 heterocycles. The van der Waals surface area contributed by atoms with Crippen LogP contribution in [0.4, 0.5) is 0 Å². The maximum Gasteiger partial charge on any atom is 0.361 e. The maximum atomic E-state index is 12.0. The third kappa shape index (κ3) is 4.54. The van der Waals surface area contributed by atoms with E-state index in [2.05, 4.69) is 15.6 Å². The van der Waals surface area contributed by atoms with Crippen LogP contribution in [0.3, 0.4) is 0 Å². The van der Waals surface area contributed by atoms with E-state index in [1.54, 1.807) is 34.6 Å². The number of ether oxygens (including phenoxy) is 1. The first kappa shape index (κ1) is 17.1. The molecule has 1 amide bonds. The number of nitrogens with zero attached hydrogens (tertiary/aromatic N) is 3. The van der Waals surface area contributed by atoms with Gasteiger partial charge in [0, 0.05) is 6.54 Å². The second-order valence-electron chi connectivity index (χ2n) is 5.94. The minimum Gasteiger partial charge on any atom is -0.455 e. The Kier molecular flexibility index (Phi) is 5.46. The smallest absolute Gasteiger partial charge is 0.361 e. The van der Waals surface area contributed by atoms with E-state index in [9.17, 15) is 9.59 Å². The highest BCUT2D eigenvalue weighted by Crippen LogP contribution is 2.15. The highest BCUT2D eigenvalue weighted by Gasteiger charge is 2.26. The fraction of sp³-hybridized carbons (Fsp3) is 0.714. The SMILES string of the molecule is CCCNC(=O)C(C)n1nnc(C(=O)OC(C)(C)C)c1C. The van der Waals surface area contributed by atoms with Crippen molar-refractivity contribution in [2.75, 3.05) is 6.54 Å². The van der Waals surface area contributed by atoms with E-state index in [4.69, 9.17) is 4.74 Å². The predicted molar refractivity (Wildman–Crippen MR) is 77.9 cm³/mol. The summed E-state index contributed by atoms with van der Waals surface area (Å²) in [4.78, 5) is 24.0. The summed E-state index contributed by atoms with van der Waals surface area (Å²) in [6, 6.07) is -0.528. The van der Waals surface area contributed by atoms with Crippen molar-refractivity contribution in [3.63, 3.8) is 0 Å². The molecule has 0 aliphatic heterocycles. The molecule has 1 rings (SSSR count). The molecule has 0 saturated carbocycles. The number of hydrogen-bond acceptors (Lipinski definition) is 5. The molecule has 21 heavy (non-hydrogen) atoms. The van der Waals surface area contributed by atoms with Crippen LogP contribution in [-0.2, 0) is 9.53 Å². The molecule has 1 aromatic rings. The standard InChI is InChI=1S/C14H24N4O3/c1-7-8-15-12(19)10(3)18-9(2)11(16-17-18)13(20)21-14(4,5)6/h10H,7-8H2,1-6H3,(H,15,19). The van der Waals surface area contributed by atoms with Crippen LogP contribution in [-0.4, -0.2) is 39.0 Å². The van der Waals surface area contributed by atoms with Crippen molar-refractivity contribution in [3.05, 3.63) is 11.4 Å². The molecular weight excluding hydrogens is 272 g/mol. The number of aromatic nitrogens is 3. The lowest BCUT2D eigenvalue weighted by atomic mass is 10.2. The average Bonchev–Trinajstić information content (AvgIpc) is 2.75. The molecule has 118 valence electrons. The molecule has 0 aromatic carbocycles. The molecule has 0 bridgehead atoms. The van der Waals surface area contributed by atoms with Gasteiger partial charge in [-0.2, -0.15) is 0 Å². The lowest BCUT2D eigenvalue weighted by molar-refractivity contribution is -0.124. The van der Waals surface area contributed by atoms with Crippen molar-refractivity contribution >= 4 is 11.9 Å². The Morgan fingerprint density at radius 2 is 2.00 bits per heavy atom. The molecule has 0 aliphatic rings. The molecule has 1 aromatic heterocycles. The van der Waals surface area contributed by atoms with Gasteiger partial charge in [0.15, 0.2) is 5.69 Å². The summed E-state index contributed by atoms with van der Waals surface area (Å²) in [5.74, 6) is -0.687. The van der Waals surface area contributed by atoms with Gasteiger partial charge in [-0.1, -0.05) is 12.1 Å². The van der Waals surface area contributed by atoms with Crippen molar-refractivity contribution in [1.29, 1.82) is 0 Å². The molecule has 0 fully saturated rings. The minimum absolute atomic E-state index is 0.139. The van der Waals surface area contributed by atoms with E-state index in [0.29, 0.717) is 12.2 Å². The van der Waals surface area contributed by atoms with E-state index in [0.717, 1.165) is 6.42 Å². The molecule has 1 atom stereocenters. The van der Waals surface area contributed by atoms with Crippen molar-refractivity contribution in [1.82, 2.24) is 20.3 Å². The van der Waals surface area contributed by atoms with E-state index in [-0.39, 0.29) is 11.6 Å². The Morgan fingerprint density at radius 1 is 1.38 bits per heavy atom. The second-order valence-corrected chi connectivity index (χ2v) is 5.94. The number of carbonyl (C=O) groups excluding carboxylic acids is 2. The first-order valence-electron chi connectivity index (χ1n) is 7.10. The number of hydrogen-bond donors (Lipinski definition) is 1. The average molecular weight is 296 g/mol. The predicted octanol–water partition coefficient (Wildman–Crippen LogP) is 1.63. The number of rotatable bonds is 5. The maximum absolute atomic E-state index is 12.0. The summed E-state index contributed by atoms with van der Waals surface area (Å²) in [5, 5.41) is 10.5. The molecule has 7 nitrogen and oxygen atoms in total. The fourth-order valence-corrected chi connectivity index (χ4v) is 1.73. The first-order valence-corrected chi connectivity index (χ1v) is 7.10. The zero-order valence-electron chi connectivity index (χ0n) is 13.6. The van der Waals surface area contributed by atoms with Gasteiger partial charge in [0.25, 0.3) is 0 Å². The summed E-state index contributed by atoms with van der Waals surface area (Å²) in [7, 11) is 0. The number of esters is 1. The van der Waals surface area contributed by atoms with Crippen molar-refractivity contribution in [2.45, 2.75) is 59.6 Å². The van der Waals surface area contributed by atoms with Crippen LogP contribution in [0, 0.1) is 6.92 Å². The molecular formula is C14H24N4O3. The Morgan fingerprint density at radius 3 is 2.52 bits per heavy atom. The third-order valence-corrected chi connectivity index (χ3v) is 2.82. The normalized spacial score (nSPS) is 12.9. The van der Waals surface area contributed by atoms with Crippen molar-refractivity contribution < 1.29 is 14.3 Å². The minimum atomic E-state index is -0.600. The summed E-state index contributed by atoms with van der Waals surface area (Å²) < 4.78 is 6.70. The van der Waals surface area contributed by atoms with Gasteiger partial charge >= 0.3 is 5.97 Å². The summed E-state index contributed by atoms with van der Waals surface area (Å²) >= 11 is 0. The van der Waals surface area contributed by atoms with E-state index in [1.807, 2.05) is 6.92 Å². The second kappa shape index (κ2) is 6.69. The Labute approximate surface area is 125 Å². The van der Waals surface area contributed by atoms with Crippen LogP contribution in [0.1, 0.15) is 63.3 Å². The van der Waals surface area contributed by atoms with Gasteiger partial charge in [-0.05, 0) is 41.0 Å². The molecule has 1 N–H and O–H groups in total. The topological polar surface area (TPSA) is 86.1 Å². The van der Waals surface area contributed by atoms with Crippen LogP contribution in [0.15, 0.2) is 0 Å². The molecule has 7 heteroatoms. The third-order valence-electron chi connectivity index (χ3n) is 2.82. The monoisotopic (exact) mass is 296 g/mol. The van der Waals surface area contributed by atoms with Crippen molar-refractivity contribution in [3.8, 4) is 0 Å². The summed E-state index contributed by atoms with van der Waals surface area (Å²) in [6.45, 7) is 11.3. The quantitative estimate of drug-likeness (QED) is 0.835. The van der Waals surface area contributed by atoms with Crippen molar-refractivity contribution in [2.24, 2.45) is 0 Å². The zero-order chi connectivity index (χ0) is 16.2. The van der Waals surface area contributed by atoms with E-state index >= 15 is 0 Å². The van der Waals surface area contributed by atoms with Gasteiger partial charge in [0.1, 0.15) is 11.6 Å². The Hall–Kier alpha value is -1.92. The summed E-state index contributed by atoms with van der Waals surface area (Å²) in [5.41, 5.74) is 0.0562. The molecule has 0 spiro atoms. The van der Waals surface area contributed by atoms with Crippen LogP contribution < -0.4 is 5.32 Å². The van der Waals surface area contributed by atoms with Gasteiger partial charge in [-0.15, -0.1) is 5.10 Å². The largest absolute Gasteiger partial charge is 0.455 e. The number of carbonyl (C=O) groups is 2. The highest BCUT2D eigenvalue weighted by molar-refractivity contribution is 5.88. The molecule has 0 saturated heterocycles. The zero-order valence-corrected chi connectivity index (χ0v) is 13.6.